The molecule has 90 valence electrons. The van der Waals surface area contributed by atoms with Crippen LogP contribution in [0, 0.1) is 12.3 Å². The largest absolute Gasteiger partial charge is 0.480 e. The van der Waals surface area contributed by atoms with Gasteiger partial charge in [-0.25, -0.2) is 9.59 Å². The van der Waals surface area contributed by atoms with E-state index in [2.05, 4.69) is 11.2 Å². The molecular formula is C11H18N2O3. The van der Waals surface area contributed by atoms with Gasteiger partial charge in [0.25, 0.3) is 0 Å². The topological polar surface area (TPSA) is 69.6 Å². The highest BCUT2D eigenvalue weighted by molar-refractivity contribution is 5.82. The van der Waals surface area contributed by atoms with Crippen LogP contribution in [0.5, 0.6) is 0 Å². The number of hydrogen-bond acceptors (Lipinski definition) is 2. The minimum absolute atomic E-state index is 0.181. The zero-order chi connectivity index (χ0) is 12.6. The molecule has 1 atom stereocenters. The molecule has 0 aromatic rings. The van der Waals surface area contributed by atoms with Crippen LogP contribution in [0.3, 0.4) is 0 Å². The van der Waals surface area contributed by atoms with Gasteiger partial charge in [-0.1, -0.05) is 19.3 Å². The highest BCUT2D eigenvalue weighted by Gasteiger charge is 2.21. The van der Waals surface area contributed by atoms with Crippen molar-refractivity contribution in [3.8, 4) is 12.3 Å². The van der Waals surface area contributed by atoms with Crippen LogP contribution in [0.1, 0.15) is 26.7 Å². The minimum atomic E-state index is -1.02. The first-order valence-corrected chi connectivity index (χ1v) is 5.28. The van der Waals surface area contributed by atoms with E-state index in [1.165, 1.54) is 4.90 Å². The Hall–Kier alpha value is -1.70. The number of terminal acetylenes is 1. The van der Waals surface area contributed by atoms with E-state index in [0.717, 1.165) is 0 Å². The lowest BCUT2D eigenvalue weighted by Gasteiger charge is -2.21. The van der Waals surface area contributed by atoms with E-state index in [1.807, 2.05) is 6.92 Å². The maximum absolute atomic E-state index is 11.6. The lowest BCUT2D eigenvalue weighted by molar-refractivity contribution is -0.139. The van der Waals surface area contributed by atoms with E-state index >= 15 is 0 Å². The monoisotopic (exact) mass is 226 g/mol. The van der Waals surface area contributed by atoms with Crippen molar-refractivity contribution in [3.63, 3.8) is 0 Å². The molecule has 0 saturated carbocycles. The Morgan fingerprint density at radius 3 is 2.50 bits per heavy atom. The molecule has 0 aliphatic carbocycles. The maximum atomic E-state index is 11.6. The summed E-state index contributed by atoms with van der Waals surface area (Å²) in [6.07, 6.45) is 6.21. The van der Waals surface area contributed by atoms with E-state index < -0.39 is 18.0 Å². The zero-order valence-corrected chi connectivity index (χ0v) is 9.69. The number of carbonyl (C=O) groups excluding carboxylic acids is 1. The van der Waals surface area contributed by atoms with Gasteiger partial charge in [-0.05, 0) is 13.3 Å². The molecule has 0 rings (SSSR count). The third-order valence-electron chi connectivity index (χ3n) is 2.12. The second-order valence-electron chi connectivity index (χ2n) is 3.35. The quantitative estimate of drug-likeness (QED) is 0.661. The van der Waals surface area contributed by atoms with Gasteiger partial charge in [0.05, 0.1) is 6.54 Å². The molecule has 0 aliphatic heterocycles. The number of nitrogens with zero attached hydrogens (tertiary/aromatic N) is 1. The van der Waals surface area contributed by atoms with Crippen molar-refractivity contribution in [1.29, 1.82) is 0 Å². The van der Waals surface area contributed by atoms with Crippen LogP contribution in [-0.4, -0.2) is 41.1 Å². The third-order valence-corrected chi connectivity index (χ3v) is 2.12. The molecule has 0 fully saturated rings. The molecule has 5 nitrogen and oxygen atoms in total. The van der Waals surface area contributed by atoms with Crippen molar-refractivity contribution in [3.05, 3.63) is 0 Å². The number of nitrogens with one attached hydrogen (secondary N) is 1. The number of urea groups is 1. The summed E-state index contributed by atoms with van der Waals surface area (Å²) in [6, 6.07) is -1.27. The Morgan fingerprint density at radius 1 is 1.50 bits per heavy atom. The Bertz CT molecular complexity index is 283. The number of amides is 2. The van der Waals surface area contributed by atoms with E-state index in [9.17, 15) is 9.59 Å². The van der Waals surface area contributed by atoms with Crippen LogP contribution in [-0.2, 0) is 4.79 Å². The highest BCUT2D eigenvalue weighted by Crippen LogP contribution is 1.99. The van der Waals surface area contributed by atoms with Crippen LogP contribution in [0.2, 0.25) is 0 Å². The maximum Gasteiger partial charge on any atom is 0.326 e. The second kappa shape index (κ2) is 7.57. The Morgan fingerprint density at radius 2 is 2.12 bits per heavy atom. The van der Waals surface area contributed by atoms with Gasteiger partial charge in [-0.15, -0.1) is 6.42 Å². The van der Waals surface area contributed by atoms with Crippen molar-refractivity contribution < 1.29 is 14.7 Å². The predicted molar refractivity (Wildman–Crippen MR) is 60.9 cm³/mol. The molecule has 0 radical (unpaired) electrons. The Kier molecular flexibility index (Phi) is 6.77. The lowest BCUT2D eigenvalue weighted by atomic mass is 10.2. The number of hydrogen-bond donors (Lipinski definition) is 2. The average Bonchev–Trinajstić information content (AvgIpc) is 2.24. The second-order valence-corrected chi connectivity index (χ2v) is 3.35. The normalized spacial score (nSPS) is 11.3. The first-order chi connectivity index (χ1) is 7.56. The summed E-state index contributed by atoms with van der Waals surface area (Å²) in [7, 11) is 0. The van der Waals surface area contributed by atoms with E-state index in [-0.39, 0.29) is 6.54 Å². The predicted octanol–water partition coefficient (Wildman–Crippen LogP) is 0.904. The van der Waals surface area contributed by atoms with E-state index in [1.54, 1.807) is 6.92 Å². The summed E-state index contributed by atoms with van der Waals surface area (Å²) in [5.74, 6) is 1.33. The summed E-state index contributed by atoms with van der Waals surface area (Å²) in [4.78, 5) is 23.8. The van der Waals surface area contributed by atoms with Gasteiger partial charge in [0.1, 0.15) is 6.04 Å². The number of rotatable bonds is 6. The number of carboxylic acids is 1. The first kappa shape index (κ1) is 14.3. The Balaban J connectivity index is 4.38. The van der Waals surface area contributed by atoms with Gasteiger partial charge in [-0.3, -0.25) is 0 Å². The molecule has 0 heterocycles. The molecule has 0 aromatic heterocycles. The van der Waals surface area contributed by atoms with Gasteiger partial charge < -0.3 is 15.3 Å². The van der Waals surface area contributed by atoms with Gasteiger partial charge in [0.2, 0.25) is 0 Å². The fraction of sp³-hybridized carbons (Fsp3) is 0.636. The van der Waals surface area contributed by atoms with Crippen LogP contribution in [0.4, 0.5) is 4.79 Å². The lowest BCUT2D eigenvalue weighted by Crippen LogP contribution is -2.48. The summed E-state index contributed by atoms with van der Waals surface area (Å²) in [5.41, 5.74) is 0. The summed E-state index contributed by atoms with van der Waals surface area (Å²) in [5, 5.41) is 11.3. The average molecular weight is 226 g/mol. The van der Waals surface area contributed by atoms with Crippen LogP contribution in [0.15, 0.2) is 0 Å². The number of carboxylic acid groups (broad SMARTS) is 1. The fourth-order valence-corrected chi connectivity index (χ4v) is 1.22. The zero-order valence-electron chi connectivity index (χ0n) is 9.69. The number of carbonyl (C=O) groups is 2. The van der Waals surface area contributed by atoms with Crippen molar-refractivity contribution in [2.45, 2.75) is 32.7 Å². The molecular weight excluding hydrogens is 208 g/mol. The Labute approximate surface area is 95.8 Å². The fourth-order valence-electron chi connectivity index (χ4n) is 1.22. The molecule has 2 N–H and O–H groups in total. The highest BCUT2D eigenvalue weighted by atomic mass is 16.4. The molecule has 16 heavy (non-hydrogen) atoms. The van der Waals surface area contributed by atoms with Gasteiger partial charge in [0.15, 0.2) is 0 Å². The van der Waals surface area contributed by atoms with E-state index in [0.29, 0.717) is 19.4 Å². The van der Waals surface area contributed by atoms with Gasteiger partial charge in [0, 0.05) is 6.54 Å². The van der Waals surface area contributed by atoms with Crippen molar-refractivity contribution in [2.24, 2.45) is 0 Å². The van der Waals surface area contributed by atoms with Gasteiger partial charge in [-0.2, -0.15) is 0 Å². The minimum Gasteiger partial charge on any atom is -0.480 e. The number of aliphatic carboxylic acids is 1. The molecule has 1 unspecified atom stereocenters. The summed E-state index contributed by atoms with van der Waals surface area (Å²) >= 11 is 0. The van der Waals surface area contributed by atoms with Crippen molar-refractivity contribution in [2.75, 3.05) is 13.1 Å². The summed E-state index contributed by atoms with van der Waals surface area (Å²) < 4.78 is 0. The standard InChI is InChI=1S/C11H18N2O3/c1-4-7-9(10(14)15)12-11(16)13(6-3)8-5-2/h2,9H,4,6-8H2,1,3H3,(H,12,16)(H,14,15). The smallest absolute Gasteiger partial charge is 0.326 e. The van der Waals surface area contributed by atoms with Crippen LogP contribution < -0.4 is 5.32 Å². The molecule has 5 heteroatoms. The van der Waals surface area contributed by atoms with Crippen LogP contribution >= 0.6 is 0 Å². The van der Waals surface area contributed by atoms with Crippen molar-refractivity contribution in [1.82, 2.24) is 10.2 Å². The van der Waals surface area contributed by atoms with Crippen molar-refractivity contribution >= 4 is 12.0 Å². The third kappa shape index (κ3) is 4.69. The molecule has 0 bridgehead atoms. The molecule has 2 amide bonds. The molecule has 0 saturated heterocycles. The first-order valence-electron chi connectivity index (χ1n) is 5.28. The van der Waals surface area contributed by atoms with Gasteiger partial charge >= 0.3 is 12.0 Å². The SMILES string of the molecule is C#CCN(CC)C(=O)NC(CCC)C(=O)O. The molecule has 0 spiro atoms. The summed E-state index contributed by atoms with van der Waals surface area (Å²) in [6.45, 7) is 4.28. The molecule has 0 aliphatic rings. The van der Waals surface area contributed by atoms with E-state index in [4.69, 9.17) is 11.5 Å². The van der Waals surface area contributed by atoms with Crippen LogP contribution in [0.25, 0.3) is 0 Å². The molecule has 0 aromatic carbocycles.